The van der Waals surface area contributed by atoms with Crippen molar-refractivity contribution in [2.24, 2.45) is 17.0 Å². The van der Waals surface area contributed by atoms with E-state index in [1.807, 2.05) is 0 Å². The third kappa shape index (κ3) is 0.724. The van der Waals surface area contributed by atoms with Gasteiger partial charge in [-0.15, -0.1) is 0 Å². The Kier molecular flexibility index (Phi) is 1.28. The molecule has 3 nitrogen and oxygen atoms in total. The van der Waals surface area contributed by atoms with Gasteiger partial charge in [-0.2, -0.15) is 0 Å². The van der Waals surface area contributed by atoms with Gasteiger partial charge < -0.3 is 9.57 Å². The van der Waals surface area contributed by atoms with Gasteiger partial charge in [0.15, 0.2) is 6.10 Å². The highest BCUT2D eigenvalue weighted by atomic mass is 16.7. The minimum absolute atomic E-state index is 0.248. The lowest BCUT2D eigenvalue weighted by Gasteiger charge is -2.43. The summed E-state index contributed by atoms with van der Waals surface area (Å²) in [6.45, 7) is 2.99. The number of hydrogen-bond acceptors (Lipinski definition) is 3. The third-order valence-corrected chi connectivity index (χ3v) is 3.38. The Morgan fingerprint density at radius 2 is 2.33 bits per heavy atom. The van der Waals surface area contributed by atoms with E-state index < -0.39 is 0 Å². The molecule has 0 unspecified atom stereocenters. The molecular formula is C9H13NO2. The highest BCUT2D eigenvalue weighted by molar-refractivity contribution is 5.86. The molecule has 1 aliphatic carbocycles. The van der Waals surface area contributed by atoms with E-state index in [1.54, 1.807) is 0 Å². The number of fused-ring (bicyclic) bond motifs is 2. The number of nitrogens with zero attached hydrogens (tertiary/aromatic N) is 1. The van der Waals surface area contributed by atoms with Crippen LogP contribution in [0.2, 0.25) is 0 Å². The maximum Gasteiger partial charge on any atom is 0.161 e. The van der Waals surface area contributed by atoms with Crippen LogP contribution in [0.15, 0.2) is 5.16 Å². The van der Waals surface area contributed by atoms with Gasteiger partial charge in [-0.3, -0.25) is 0 Å². The van der Waals surface area contributed by atoms with Crippen molar-refractivity contribution >= 4 is 5.71 Å². The standard InChI is InChI=1S/C9H13NO2/c1-5-8-6-2-3-7(11-4-6)9(8)12-10-5/h6-9H,2-4H2,1H3/t6-,7-,8-,9+/m0/s1. The van der Waals surface area contributed by atoms with E-state index >= 15 is 0 Å². The van der Waals surface area contributed by atoms with Crippen molar-refractivity contribution in [1.29, 1.82) is 0 Å². The zero-order chi connectivity index (χ0) is 8.13. The quantitative estimate of drug-likeness (QED) is 0.542. The first kappa shape index (κ1) is 6.89. The monoisotopic (exact) mass is 167 g/mol. The number of hydrogen-bond donors (Lipinski definition) is 0. The summed E-state index contributed by atoms with van der Waals surface area (Å²) in [5, 5.41) is 4.06. The summed E-state index contributed by atoms with van der Waals surface area (Å²) in [6.07, 6.45) is 3.02. The van der Waals surface area contributed by atoms with Crippen LogP contribution in [0.25, 0.3) is 0 Å². The Bertz CT molecular complexity index is 231. The summed E-state index contributed by atoms with van der Waals surface area (Å²) in [5.74, 6) is 1.24. The van der Waals surface area contributed by atoms with Gasteiger partial charge in [-0.1, -0.05) is 5.16 Å². The lowest BCUT2D eigenvalue weighted by Crippen LogP contribution is -2.51. The first-order chi connectivity index (χ1) is 5.86. The predicted molar refractivity (Wildman–Crippen MR) is 43.9 cm³/mol. The minimum atomic E-state index is 0.248. The lowest BCUT2D eigenvalue weighted by atomic mass is 9.72. The topological polar surface area (TPSA) is 30.8 Å². The SMILES string of the molecule is CC1=NO[C@H]2[C@@H]1[C@H]1CC[C@@H]2OC1. The zero-order valence-corrected chi connectivity index (χ0v) is 7.19. The molecule has 3 fully saturated rings. The van der Waals surface area contributed by atoms with Crippen molar-refractivity contribution in [3.8, 4) is 0 Å². The fourth-order valence-corrected chi connectivity index (χ4v) is 2.75. The second-order valence-electron chi connectivity index (χ2n) is 4.04. The number of oxime groups is 1. The largest absolute Gasteiger partial charge is 0.389 e. The van der Waals surface area contributed by atoms with Crippen LogP contribution in [-0.4, -0.2) is 24.5 Å². The maximum absolute atomic E-state index is 5.64. The zero-order valence-electron chi connectivity index (χ0n) is 7.19. The molecule has 1 saturated carbocycles. The van der Waals surface area contributed by atoms with Crippen LogP contribution in [-0.2, 0) is 9.57 Å². The first-order valence-electron chi connectivity index (χ1n) is 4.68. The molecule has 4 rings (SSSR count). The molecule has 0 spiro atoms. The van der Waals surface area contributed by atoms with E-state index in [-0.39, 0.29) is 6.10 Å². The smallest absolute Gasteiger partial charge is 0.161 e. The highest BCUT2D eigenvalue weighted by Crippen LogP contribution is 2.42. The average molecular weight is 167 g/mol. The predicted octanol–water partition coefficient (Wildman–Crippen LogP) is 1.19. The molecule has 2 saturated heterocycles. The van der Waals surface area contributed by atoms with Crippen molar-refractivity contribution in [3.05, 3.63) is 0 Å². The number of rotatable bonds is 0. The molecule has 4 atom stereocenters. The molecule has 4 aliphatic rings. The Hall–Kier alpha value is -0.570. The van der Waals surface area contributed by atoms with Gasteiger partial charge in [0.1, 0.15) is 0 Å². The molecule has 66 valence electrons. The average Bonchev–Trinajstić information content (AvgIpc) is 2.53. The summed E-state index contributed by atoms with van der Waals surface area (Å²) in [6, 6.07) is 0. The number of ether oxygens (including phenoxy) is 1. The third-order valence-electron chi connectivity index (χ3n) is 3.38. The van der Waals surface area contributed by atoms with Crippen molar-refractivity contribution < 1.29 is 9.57 Å². The van der Waals surface area contributed by atoms with Gasteiger partial charge in [-0.05, 0) is 25.7 Å². The van der Waals surface area contributed by atoms with E-state index in [0.29, 0.717) is 17.9 Å². The minimum Gasteiger partial charge on any atom is -0.389 e. The highest BCUT2D eigenvalue weighted by Gasteiger charge is 2.50. The van der Waals surface area contributed by atoms with Crippen molar-refractivity contribution in [2.75, 3.05) is 6.61 Å². The van der Waals surface area contributed by atoms with Gasteiger partial charge in [0.05, 0.1) is 18.4 Å². The normalized spacial score (nSPS) is 49.9. The molecule has 0 aromatic rings. The summed E-state index contributed by atoms with van der Waals surface area (Å²) in [4.78, 5) is 5.37. The Morgan fingerprint density at radius 1 is 1.42 bits per heavy atom. The van der Waals surface area contributed by atoms with Gasteiger partial charge >= 0.3 is 0 Å². The van der Waals surface area contributed by atoms with Crippen molar-refractivity contribution in [3.63, 3.8) is 0 Å². The van der Waals surface area contributed by atoms with Gasteiger partial charge in [0.25, 0.3) is 0 Å². The molecule has 3 heterocycles. The summed E-state index contributed by atoms with van der Waals surface area (Å²) >= 11 is 0. The maximum atomic E-state index is 5.64. The van der Waals surface area contributed by atoms with Crippen LogP contribution in [0, 0.1) is 11.8 Å². The molecule has 3 heteroatoms. The summed E-state index contributed by atoms with van der Waals surface area (Å²) in [7, 11) is 0. The fraction of sp³-hybridized carbons (Fsp3) is 0.889. The molecule has 0 radical (unpaired) electrons. The van der Waals surface area contributed by atoms with Crippen molar-refractivity contribution in [1.82, 2.24) is 0 Å². The first-order valence-corrected chi connectivity index (χ1v) is 4.68. The van der Waals surface area contributed by atoms with Gasteiger partial charge in [0, 0.05) is 5.92 Å². The molecule has 0 N–H and O–H groups in total. The molecule has 3 aliphatic heterocycles. The molecular weight excluding hydrogens is 154 g/mol. The summed E-state index contributed by atoms with van der Waals surface area (Å²) < 4.78 is 5.64. The van der Waals surface area contributed by atoms with Gasteiger partial charge in [0.2, 0.25) is 0 Å². The van der Waals surface area contributed by atoms with Crippen LogP contribution in [0.3, 0.4) is 0 Å². The second kappa shape index (κ2) is 2.22. The lowest BCUT2D eigenvalue weighted by molar-refractivity contribution is -0.161. The summed E-state index contributed by atoms with van der Waals surface area (Å²) in [5.41, 5.74) is 1.18. The molecule has 2 bridgehead atoms. The Labute approximate surface area is 71.7 Å². The van der Waals surface area contributed by atoms with Crippen LogP contribution < -0.4 is 0 Å². The molecule has 0 aromatic carbocycles. The van der Waals surface area contributed by atoms with Crippen LogP contribution in [0.5, 0.6) is 0 Å². The molecule has 0 amide bonds. The van der Waals surface area contributed by atoms with E-state index in [4.69, 9.17) is 9.57 Å². The Balaban J connectivity index is 1.94. The van der Waals surface area contributed by atoms with E-state index in [1.165, 1.54) is 12.1 Å². The molecule has 12 heavy (non-hydrogen) atoms. The van der Waals surface area contributed by atoms with Crippen LogP contribution in [0.1, 0.15) is 19.8 Å². The van der Waals surface area contributed by atoms with E-state index in [0.717, 1.165) is 13.0 Å². The fourth-order valence-electron chi connectivity index (χ4n) is 2.75. The van der Waals surface area contributed by atoms with Crippen LogP contribution in [0.4, 0.5) is 0 Å². The van der Waals surface area contributed by atoms with Gasteiger partial charge in [-0.25, -0.2) is 0 Å². The van der Waals surface area contributed by atoms with Crippen LogP contribution >= 0.6 is 0 Å². The molecule has 0 aromatic heterocycles. The van der Waals surface area contributed by atoms with E-state index in [9.17, 15) is 0 Å². The van der Waals surface area contributed by atoms with E-state index in [2.05, 4.69) is 12.1 Å². The van der Waals surface area contributed by atoms with Crippen molar-refractivity contribution in [2.45, 2.75) is 32.0 Å². The second-order valence-corrected chi connectivity index (χ2v) is 4.04. The Morgan fingerprint density at radius 3 is 3.00 bits per heavy atom.